The van der Waals surface area contributed by atoms with Crippen LogP contribution in [0.25, 0.3) is 0 Å². The van der Waals surface area contributed by atoms with E-state index in [1.165, 1.54) is 17.9 Å². The molecular weight excluding hydrogens is 242 g/mol. The van der Waals surface area contributed by atoms with Crippen molar-refractivity contribution in [1.29, 1.82) is 0 Å². The highest BCUT2D eigenvalue weighted by atomic mass is 32.2. The maximum absolute atomic E-state index is 5.87. The molecule has 0 aromatic heterocycles. The smallest absolute Gasteiger partial charge is 0.0952 e. The Morgan fingerprint density at radius 1 is 1.33 bits per heavy atom. The fourth-order valence-electron chi connectivity index (χ4n) is 2.19. The van der Waals surface area contributed by atoms with Crippen LogP contribution in [0.4, 0.5) is 0 Å². The van der Waals surface area contributed by atoms with Crippen molar-refractivity contribution in [3.05, 3.63) is 35.9 Å². The Morgan fingerprint density at radius 3 is 2.83 bits per heavy atom. The predicted octanol–water partition coefficient (Wildman–Crippen LogP) is 3.20. The molecule has 1 aliphatic rings. The molecule has 0 radical (unpaired) electrons. The second-order valence-electron chi connectivity index (χ2n) is 4.99. The summed E-state index contributed by atoms with van der Waals surface area (Å²) in [7, 11) is 0. The zero-order chi connectivity index (χ0) is 12.8. The molecule has 0 amide bonds. The van der Waals surface area contributed by atoms with Crippen molar-refractivity contribution in [2.45, 2.75) is 25.2 Å². The van der Waals surface area contributed by atoms with Gasteiger partial charge in [-0.1, -0.05) is 44.2 Å². The third-order valence-electron chi connectivity index (χ3n) is 3.18. The van der Waals surface area contributed by atoms with Gasteiger partial charge in [-0.3, -0.25) is 4.90 Å². The third kappa shape index (κ3) is 4.30. The summed E-state index contributed by atoms with van der Waals surface area (Å²) < 4.78 is 5.87. The molecule has 1 saturated heterocycles. The summed E-state index contributed by atoms with van der Waals surface area (Å²) in [5.74, 6) is 1.22. The minimum absolute atomic E-state index is 0.254. The van der Waals surface area contributed by atoms with E-state index in [4.69, 9.17) is 4.74 Å². The lowest BCUT2D eigenvalue weighted by Gasteiger charge is -2.33. The number of rotatable bonds is 5. The lowest BCUT2D eigenvalue weighted by Crippen LogP contribution is -2.39. The van der Waals surface area contributed by atoms with Gasteiger partial charge in [-0.05, 0) is 10.8 Å². The number of thioether (sulfide) groups is 1. The number of ether oxygens (including phenoxy) is 1. The average Bonchev–Trinajstić information content (AvgIpc) is 2.40. The van der Waals surface area contributed by atoms with Crippen molar-refractivity contribution in [3.8, 4) is 0 Å². The standard InChI is InChI=1S/C15H23NOS/c1-13(2)18-11-9-16-8-10-17-15(12-16)14-6-4-3-5-7-14/h3-7,13,15H,8-12H2,1-2H3. The molecular formula is C15H23NOS. The van der Waals surface area contributed by atoms with Gasteiger partial charge < -0.3 is 4.74 Å². The monoisotopic (exact) mass is 265 g/mol. The van der Waals surface area contributed by atoms with Crippen LogP contribution in [-0.2, 0) is 4.74 Å². The van der Waals surface area contributed by atoms with E-state index in [1.807, 2.05) is 11.8 Å². The van der Waals surface area contributed by atoms with Gasteiger partial charge in [0, 0.05) is 25.4 Å². The van der Waals surface area contributed by atoms with E-state index < -0.39 is 0 Å². The topological polar surface area (TPSA) is 12.5 Å². The molecule has 1 atom stereocenters. The number of morpholine rings is 1. The van der Waals surface area contributed by atoms with Crippen LogP contribution >= 0.6 is 11.8 Å². The van der Waals surface area contributed by atoms with Gasteiger partial charge >= 0.3 is 0 Å². The van der Waals surface area contributed by atoms with Crippen LogP contribution in [0.15, 0.2) is 30.3 Å². The number of hydrogen-bond donors (Lipinski definition) is 0. The molecule has 1 heterocycles. The maximum Gasteiger partial charge on any atom is 0.0952 e. The van der Waals surface area contributed by atoms with Crippen molar-refractivity contribution < 1.29 is 4.74 Å². The zero-order valence-corrected chi connectivity index (χ0v) is 12.2. The minimum atomic E-state index is 0.254. The highest BCUT2D eigenvalue weighted by Gasteiger charge is 2.21. The van der Waals surface area contributed by atoms with Crippen LogP contribution in [-0.4, -0.2) is 42.1 Å². The minimum Gasteiger partial charge on any atom is -0.371 e. The molecule has 0 aliphatic carbocycles. The number of nitrogens with zero attached hydrogens (tertiary/aromatic N) is 1. The van der Waals surface area contributed by atoms with Gasteiger partial charge in [0.1, 0.15) is 0 Å². The second-order valence-corrected chi connectivity index (χ2v) is 6.67. The van der Waals surface area contributed by atoms with Crippen LogP contribution in [0, 0.1) is 0 Å². The first-order chi connectivity index (χ1) is 8.75. The predicted molar refractivity (Wildman–Crippen MR) is 79.2 cm³/mol. The van der Waals surface area contributed by atoms with E-state index >= 15 is 0 Å². The normalized spacial score (nSPS) is 21.4. The van der Waals surface area contributed by atoms with Gasteiger partial charge in [-0.15, -0.1) is 0 Å². The fraction of sp³-hybridized carbons (Fsp3) is 0.600. The van der Waals surface area contributed by atoms with Gasteiger partial charge in [0.2, 0.25) is 0 Å². The lowest BCUT2D eigenvalue weighted by molar-refractivity contribution is -0.0278. The first-order valence-electron chi connectivity index (χ1n) is 6.76. The summed E-state index contributed by atoms with van der Waals surface area (Å²) in [6, 6.07) is 10.6. The van der Waals surface area contributed by atoms with Gasteiger partial charge in [-0.25, -0.2) is 0 Å². The van der Waals surface area contributed by atoms with E-state index in [2.05, 4.69) is 49.1 Å². The summed E-state index contributed by atoms with van der Waals surface area (Å²) in [4.78, 5) is 2.52. The molecule has 1 aromatic carbocycles. The largest absolute Gasteiger partial charge is 0.371 e. The molecule has 2 rings (SSSR count). The second kappa shape index (κ2) is 7.17. The van der Waals surface area contributed by atoms with Crippen molar-refractivity contribution >= 4 is 11.8 Å². The summed E-state index contributed by atoms with van der Waals surface area (Å²) in [5, 5.41) is 0.732. The Kier molecular flexibility index (Phi) is 5.54. The van der Waals surface area contributed by atoms with E-state index in [9.17, 15) is 0 Å². The average molecular weight is 265 g/mol. The molecule has 1 aliphatic heterocycles. The Morgan fingerprint density at radius 2 is 2.11 bits per heavy atom. The van der Waals surface area contributed by atoms with E-state index in [1.54, 1.807) is 0 Å². The van der Waals surface area contributed by atoms with Crippen LogP contribution in [0.5, 0.6) is 0 Å². The van der Waals surface area contributed by atoms with Crippen LogP contribution in [0.2, 0.25) is 0 Å². The SMILES string of the molecule is CC(C)SCCN1CCOC(c2ccccc2)C1. The molecule has 0 saturated carbocycles. The molecule has 3 heteroatoms. The summed E-state index contributed by atoms with van der Waals surface area (Å²) >= 11 is 2.04. The molecule has 0 bridgehead atoms. The highest BCUT2D eigenvalue weighted by Crippen LogP contribution is 2.22. The Bertz CT molecular complexity index is 342. The molecule has 1 aromatic rings. The maximum atomic E-state index is 5.87. The van der Waals surface area contributed by atoms with Crippen LogP contribution in [0.1, 0.15) is 25.5 Å². The first-order valence-corrected chi connectivity index (χ1v) is 7.81. The molecule has 1 fully saturated rings. The van der Waals surface area contributed by atoms with Crippen LogP contribution in [0.3, 0.4) is 0 Å². The molecule has 100 valence electrons. The number of benzene rings is 1. The molecule has 18 heavy (non-hydrogen) atoms. The van der Waals surface area contributed by atoms with Gasteiger partial charge in [-0.2, -0.15) is 11.8 Å². The van der Waals surface area contributed by atoms with Gasteiger partial charge in [0.05, 0.1) is 12.7 Å². The molecule has 1 unspecified atom stereocenters. The summed E-state index contributed by atoms with van der Waals surface area (Å²) in [6.07, 6.45) is 0.254. The third-order valence-corrected chi connectivity index (χ3v) is 4.27. The fourth-order valence-corrected chi connectivity index (χ4v) is 3.03. The van der Waals surface area contributed by atoms with E-state index in [-0.39, 0.29) is 6.10 Å². The zero-order valence-electron chi connectivity index (χ0n) is 11.3. The quantitative estimate of drug-likeness (QED) is 0.811. The van der Waals surface area contributed by atoms with Gasteiger partial charge in [0.15, 0.2) is 0 Å². The van der Waals surface area contributed by atoms with E-state index in [0.717, 1.165) is 24.9 Å². The lowest BCUT2D eigenvalue weighted by atomic mass is 10.1. The first kappa shape index (κ1) is 13.9. The Hall–Kier alpha value is -0.510. The van der Waals surface area contributed by atoms with Gasteiger partial charge in [0.25, 0.3) is 0 Å². The van der Waals surface area contributed by atoms with Crippen LogP contribution < -0.4 is 0 Å². The van der Waals surface area contributed by atoms with Crippen molar-refractivity contribution in [3.63, 3.8) is 0 Å². The molecule has 2 nitrogen and oxygen atoms in total. The molecule has 0 spiro atoms. The van der Waals surface area contributed by atoms with E-state index in [0.29, 0.717) is 0 Å². The summed E-state index contributed by atoms with van der Waals surface area (Å²) in [5.41, 5.74) is 1.30. The van der Waals surface area contributed by atoms with Crippen molar-refractivity contribution in [2.75, 3.05) is 32.0 Å². The van der Waals surface area contributed by atoms with Crippen molar-refractivity contribution in [1.82, 2.24) is 4.90 Å². The Labute approximate surface area is 115 Å². The number of hydrogen-bond acceptors (Lipinski definition) is 3. The highest BCUT2D eigenvalue weighted by molar-refractivity contribution is 7.99. The Balaban J connectivity index is 1.81. The summed E-state index contributed by atoms with van der Waals surface area (Å²) in [6.45, 7) is 8.65. The molecule has 0 N–H and O–H groups in total. The van der Waals surface area contributed by atoms with Crippen molar-refractivity contribution in [2.24, 2.45) is 0 Å².